The molecule has 0 bridgehead atoms. The molecule has 1 aliphatic heterocycles. The Morgan fingerprint density at radius 3 is 2.80 bits per heavy atom. The van der Waals surface area contributed by atoms with Gasteiger partial charge in [-0.15, -0.1) is 0 Å². The Balaban J connectivity index is 2.59. The number of nitrogens with one attached hydrogen (secondary N) is 1. The second-order valence-corrected chi connectivity index (χ2v) is 1.78. The van der Waals surface area contributed by atoms with Gasteiger partial charge in [0.05, 0.1) is 0 Å². The number of amides is 2. The average molecular weight is 143 g/mol. The Bertz CT molecular complexity index is 188. The molecule has 0 saturated carbocycles. The van der Waals surface area contributed by atoms with Crippen LogP contribution in [0, 0.1) is 0 Å². The SMILES string of the molecule is O=CC1OCC(=O)NC1=O. The van der Waals surface area contributed by atoms with Crippen LogP contribution in [0.5, 0.6) is 0 Å². The van der Waals surface area contributed by atoms with Gasteiger partial charge in [-0.2, -0.15) is 0 Å². The van der Waals surface area contributed by atoms with Crippen LogP contribution in [0.1, 0.15) is 0 Å². The standard InChI is InChI=1S/C5H5NO4/c7-1-3-5(9)6-4(8)2-10-3/h1,3H,2H2,(H,6,8,9). The Hall–Kier alpha value is -1.23. The van der Waals surface area contributed by atoms with E-state index in [1.807, 2.05) is 5.32 Å². The molecule has 1 unspecified atom stereocenters. The third kappa shape index (κ3) is 1.19. The van der Waals surface area contributed by atoms with Crippen molar-refractivity contribution in [3.05, 3.63) is 0 Å². The van der Waals surface area contributed by atoms with Gasteiger partial charge in [-0.3, -0.25) is 19.7 Å². The van der Waals surface area contributed by atoms with Gasteiger partial charge in [0.1, 0.15) is 6.61 Å². The van der Waals surface area contributed by atoms with Crippen LogP contribution in [0.25, 0.3) is 0 Å². The molecular weight excluding hydrogens is 138 g/mol. The maximum Gasteiger partial charge on any atom is 0.263 e. The molecule has 0 aromatic carbocycles. The zero-order valence-corrected chi connectivity index (χ0v) is 4.99. The van der Waals surface area contributed by atoms with Crippen molar-refractivity contribution in [3.8, 4) is 0 Å². The van der Waals surface area contributed by atoms with Gasteiger partial charge in [0, 0.05) is 0 Å². The first-order chi connectivity index (χ1) is 4.74. The van der Waals surface area contributed by atoms with Crippen molar-refractivity contribution in [1.29, 1.82) is 0 Å². The van der Waals surface area contributed by atoms with Crippen LogP contribution in [0.15, 0.2) is 0 Å². The molecule has 0 aliphatic carbocycles. The largest absolute Gasteiger partial charge is 0.351 e. The summed E-state index contributed by atoms with van der Waals surface area (Å²) in [5.74, 6) is -1.20. The lowest BCUT2D eigenvalue weighted by Crippen LogP contribution is -2.48. The van der Waals surface area contributed by atoms with E-state index in [0.717, 1.165) is 0 Å². The minimum Gasteiger partial charge on any atom is -0.351 e. The molecule has 0 spiro atoms. The van der Waals surface area contributed by atoms with Gasteiger partial charge in [-0.05, 0) is 0 Å². The zero-order valence-electron chi connectivity index (χ0n) is 4.99. The molecule has 54 valence electrons. The third-order valence-electron chi connectivity index (χ3n) is 1.04. The summed E-state index contributed by atoms with van der Waals surface area (Å²) in [6.45, 7) is -0.227. The lowest BCUT2D eigenvalue weighted by molar-refractivity contribution is -0.151. The highest BCUT2D eigenvalue weighted by atomic mass is 16.5. The lowest BCUT2D eigenvalue weighted by Gasteiger charge is -2.15. The van der Waals surface area contributed by atoms with Crippen molar-refractivity contribution in [2.75, 3.05) is 6.61 Å². The second-order valence-electron chi connectivity index (χ2n) is 1.78. The summed E-state index contributed by atoms with van der Waals surface area (Å²) in [4.78, 5) is 30.9. The molecule has 1 heterocycles. The predicted molar refractivity (Wildman–Crippen MR) is 29.0 cm³/mol. The topological polar surface area (TPSA) is 72.5 Å². The summed E-state index contributed by atoms with van der Waals surface area (Å²) in [5, 5.41) is 1.95. The van der Waals surface area contributed by atoms with Gasteiger partial charge < -0.3 is 4.74 Å². The number of rotatable bonds is 1. The van der Waals surface area contributed by atoms with E-state index in [4.69, 9.17) is 0 Å². The van der Waals surface area contributed by atoms with Crippen LogP contribution >= 0.6 is 0 Å². The number of morpholine rings is 1. The Morgan fingerprint density at radius 1 is 1.60 bits per heavy atom. The van der Waals surface area contributed by atoms with Gasteiger partial charge in [0.2, 0.25) is 0 Å². The quantitative estimate of drug-likeness (QED) is 0.268. The number of aldehydes is 1. The highest BCUT2D eigenvalue weighted by molar-refractivity contribution is 6.06. The minimum absolute atomic E-state index is 0.227. The zero-order chi connectivity index (χ0) is 7.56. The lowest BCUT2D eigenvalue weighted by atomic mass is 10.3. The first-order valence-corrected chi connectivity index (χ1v) is 2.64. The number of carbonyl (C=O) groups excluding carboxylic acids is 3. The molecule has 1 N–H and O–H groups in total. The number of ether oxygens (including phenoxy) is 1. The third-order valence-corrected chi connectivity index (χ3v) is 1.04. The molecule has 10 heavy (non-hydrogen) atoms. The molecule has 1 fully saturated rings. The van der Waals surface area contributed by atoms with Crippen molar-refractivity contribution in [1.82, 2.24) is 5.32 Å². The molecule has 5 nitrogen and oxygen atoms in total. The van der Waals surface area contributed by atoms with Crippen LogP contribution in [-0.2, 0) is 19.1 Å². The maximum absolute atomic E-state index is 10.5. The molecule has 0 aromatic rings. The highest BCUT2D eigenvalue weighted by Crippen LogP contribution is 1.93. The first-order valence-electron chi connectivity index (χ1n) is 2.64. The molecule has 5 heteroatoms. The second kappa shape index (κ2) is 2.57. The summed E-state index contributed by atoms with van der Waals surface area (Å²) in [5.41, 5.74) is 0. The van der Waals surface area contributed by atoms with Gasteiger partial charge >= 0.3 is 0 Å². The van der Waals surface area contributed by atoms with Crippen molar-refractivity contribution >= 4 is 18.1 Å². The Kier molecular flexibility index (Phi) is 1.77. The number of hydrogen-bond acceptors (Lipinski definition) is 4. The van der Waals surface area contributed by atoms with E-state index in [2.05, 4.69) is 4.74 Å². The fourth-order valence-electron chi connectivity index (χ4n) is 0.587. The van der Waals surface area contributed by atoms with Crippen LogP contribution in [0.4, 0.5) is 0 Å². The molecular formula is C5H5NO4. The molecule has 1 aliphatic rings. The summed E-state index contributed by atoms with van der Waals surface area (Å²) < 4.78 is 4.52. The summed E-state index contributed by atoms with van der Waals surface area (Å²) in [6.07, 6.45) is -0.764. The van der Waals surface area contributed by atoms with E-state index in [1.165, 1.54) is 0 Å². The minimum atomic E-state index is -1.11. The first kappa shape index (κ1) is 6.88. The highest BCUT2D eigenvalue weighted by Gasteiger charge is 2.26. The van der Waals surface area contributed by atoms with Crippen LogP contribution in [0.3, 0.4) is 0 Å². The van der Waals surface area contributed by atoms with Crippen LogP contribution < -0.4 is 5.32 Å². The molecule has 1 saturated heterocycles. The maximum atomic E-state index is 10.5. The van der Waals surface area contributed by atoms with Crippen LogP contribution in [0.2, 0.25) is 0 Å². The average Bonchev–Trinajstić information content (AvgIpc) is 1.88. The Labute approximate surface area is 56.3 Å². The van der Waals surface area contributed by atoms with E-state index in [-0.39, 0.29) is 6.61 Å². The van der Waals surface area contributed by atoms with Gasteiger partial charge in [-0.1, -0.05) is 0 Å². The van der Waals surface area contributed by atoms with E-state index in [9.17, 15) is 14.4 Å². The normalized spacial score (nSPS) is 25.8. The van der Waals surface area contributed by atoms with Crippen molar-refractivity contribution < 1.29 is 19.1 Å². The van der Waals surface area contributed by atoms with E-state index in [1.54, 1.807) is 0 Å². The number of carbonyl (C=O) groups is 3. The summed E-state index contributed by atoms with van der Waals surface area (Å²) in [7, 11) is 0. The Morgan fingerprint density at radius 2 is 2.30 bits per heavy atom. The monoisotopic (exact) mass is 143 g/mol. The van der Waals surface area contributed by atoms with Crippen molar-refractivity contribution in [2.24, 2.45) is 0 Å². The summed E-state index contributed by atoms with van der Waals surface area (Å²) in [6, 6.07) is 0. The molecule has 0 aromatic heterocycles. The number of imide groups is 1. The molecule has 0 radical (unpaired) electrons. The van der Waals surface area contributed by atoms with Crippen LogP contribution in [-0.4, -0.2) is 30.8 Å². The number of hydrogen-bond donors (Lipinski definition) is 1. The smallest absolute Gasteiger partial charge is 0.263 e. The summed E-state index contributed by atoms with van der Waals surface area (Å²) >= 11 is 0. The van der Waals surface area contributed by atoms with E-state index >= 15 is 0 Å². The van der Waals surface area contributed by atoms with Crippen molar-refractivity contribution in [2.45, 2.75) is 6.10 Å². The predicted octanol–water partition coefficient (Wildman–Crippen LogP) is -1.77. The van der Waals surface area contributed by atoms with Crippen molar-refractivity contribution in [3.63, 3.8) is 0 Å². The molecule has 2 amide bonds. The van der Waals surface area contributed by atoms with E-state index in [0.29, 0.717) is 6.29 Å². The van der Waals surface area contributed by atoms with Gasteiger partial charge in [0.15, 0.2) is 12.4 Å². The van der Waals surface area contributed by atoms with E-state index < -0.39 is 17.9 Å². The fraction of sp³-hybridized carbons (Fsp3) is 0.400. The fourth-order valence-corrected chi connectivity index (χ4v) is 0.587. The van der Waals surface area contributed by atoms with Gasteiger partial charge in [0.25, 0.3) is 11.8 Å². The molecule has 1 atom stereocenters. The van der Waals surface area contributed by atoms with Gasteiger partial charge in [-0.25, -0.2) is 0 Å². The molecule has 1 rings (SSSR count).